The van der Waals surface area contributed by atoms with Crippen molar-refractivity contribution >= 4 is 0 Å². The van der Waals surface area contributed by atoms with Gasteiger partial charge in [0.15, 0.2) is 0 Å². The van der Waals surface area contributed by atoms with E-state index in [4.69, 9.17) is 0 Å². The Morgan fingerprint density at radius 2 is 2.27 bits per heavy atom. The summed E-state index contributed by atoms with van der Waals surface area (Å²) in [7, 11) is 0. The lowest BCUT2D eigenvalue weighted by molar-refractivity contribution is 0.576. The quantitative estimate of drug-likeness (QED) is 0.742. The van der Waals surface area contributed by atoms with Crippen LogP contribution in [0.5, 0.6) is 0 Å². The fraction of sp³-hybridized carbons (Fsp3) is 0.571. The van der Waals surface area contributed by atoms with E-state index in [9.17, 15) is 0 Å². The third-order valence-corrected chi connectivity index (χ3v) is 3.32. The van der Waals surface area contributed by atoms with Crippen molar-refractivity contribution in [1.82, 2.24) is 5.32 Å². The summed E-state index contributed by atoms with van der Waals surface area (Å²) in [6, 6.07) is 6.92. The van der Waals surface area contributed by atoms with Gasteiger partial charge in [-0.05, 0) is 49.8 Å². The lowest BCUT2D eigenvalue weighted by Gasteiger charge is -2.12. The van der Waals surface area contributed by atoms with E-state index in [0.29, 0.717) is 0 Å². The Balaban J connectivity index is 2.03. The molecule has 0 heterocycles. The first-order valence-electron chi connectivity index (χ1n) is 6.11. The number of nitrogens with one attached hydrogen (secondary N) is 1. The summed E-state index contributed by atoms with van der Waals surface area (Å²) in [4.78, 5) is 0. The Morgan fingerprint density at radius 3 is 3.07 bits per heavy atom. The molecule has 0 saturated carbocycles. The zero-order chi connectivity index (χ0) is 10.7. The Kier molecular flexibility index (Phi) is 3.42. The van der Waals surface area contributed by atoms with E-state index >= 15 is 0 Å². The molecule has 0 amide bonds. The average molecular weight is 203 g/mol. The monoisotopic (exact) mass is 203 g/mol. The van der Waals surface area contributed by atoms with Crippen molar-refractivity contribution in [2.24, 2.45) is 0 Å². The average Bonchev–Trinajstić information content (AvgIpc) is 2.62. The molecule has 0 aromatic heterocycles. The van der Waals surface area contributed by atoms with E-state index in [1.165, 1.54) is 24.8 Å². The Bertz CT molecular complexity index is 330. The van der Waals surface area contributed by atoms with E-state index in [1.54, 1.807) is 11.1 Å². The maximum atomic E-state index is 3.54. The van der Waals surface area contributed by atoms with Crippen molar-refractivity contribution in [3.05, 3.63) is 34.9 Å². The molecule has 1 unspecified atom stereocenters. The van der Waals surface area contributed by atoms with Crippen LogP contribution in [0, 0.1) is 6.92 Å². The minimum absolute atomic E-state index is 0.756. The van der Waals surface area contributed by atoms with Gasteiger partial charge in [0.05, 0.1) is 0 Å². The van der Waals surface area contributed by atoms with E-state index in [2.05, 4.69) is 37.4 Å². The molecule has 15 heavy (non-hydrogen) atoms. The first-order chi connectivity index (χ1) is 7.31. The maximum absolute atomic E-state index is 3.54. The molecule has 0 bridgehead atoms. The van der Waals surface area contributed by atoms with Crippen LogP contribution in [0.3, 0.4) is 0 Å². The lowest BCUT2D eigenvalue weighted by atomic mass is 9.99. The van der Waals surface area contributed by atoms with Crippen LogP contribution >= 0.6 is 0 Å². The van der Waals surface area contributed by atoms with Crippen molar-refractivity contribution in [1.29, 1.82) is 0 Å². The number of hydrogen-bond donors (Lipinski definition) is 1. The van der Waals surface area contributed by atoms with E-state index in [1.807, 2.05) is 0 Å². The Morgan fingerprint density at radius 1 is 1.40 bits per heavy atom. The molecule has 82 valence electrons. The van der Waals surface area contributed by atoms with Crippen LogP contribution in [0.1, 0.15) is 42.4 Å². The molecule has 0 spiro atoms. The highest BCUT2D eigenvalue weighted by atomic mass is 14.9. The van der Waals surface area contributed by atoms with Crippen LogP contribution < -0.4 is 5.32 Å². The third-order valence-electron chi connectivity index (χ3n) is 3.32. The molecule has 1 nitrogen and oxygen atoms in total. The van der Waals surface area contributed by atoms with Crippen molar-refractivity contribution in [3.63, 3.8) is 0 Å². The molecule has 2 rings (SSSR count). The first-order valence-corrected chi connectivity index (χ1v) is 6.11. The molecule has 1 aromatic carbocycles. The second-order valence-corrected chi connectivity index (χ2v) is 4.64. The SMILES string of the molecule is CCCNCC1CCc2ccc(C)cc21. The van der Waals surface area contributed by atoms with Gasteiger partial charge in [0.25, 0.3) is 0 Å². The van der Waals surface area contributed by atoms with E-state index < -0.39 is 0 Å². The van der Waals surface area contributed by atoms with Gasteiger partial charge in [0, 0.05) is 6.54 Å². The second kappa shape index (κ2) is 4.80. The van der Waals surface area contributed by atoms with Gasteiger partial charge < -0.3 is 5.32 Å². The summed E-state index contributed by atoms with van der Waals surface area (Å²) in [5.74, 6) is 0.756. The molecule has 0 saturated heterocycles. The molecule has 1 aliphatic carbocycles. The number of fused-ring (bicyclic) bond motifs is 1. The summed E-state index contributed by atoms with van der Waals surface area (Å²) < 4.78 is 0. The standard InChI is InChI=1S/C14H21N/c1-3-8-15-10-13-7-6-12-5-4-11(2)9-14(12)13/h4-5,9,13,15H,3,6-8,10H2,1-2H3. The molecule has 1 N–H and O–H groups in total. The minimum Gasteiger partial charge on any atom is -0.316 e. The van der Waals surface area contributed by atoms with Gasteiger partial charge in [-0.1, -0.05) is 30.7 Å². The van der Waals surface area contributed by atoms with Crippen LogP contribution in [0.4, 0.5) is 0 Å². The molecule has 1 aliphatic rings. The Labute approximate surface area is 92.9 Å². The lowest BCUT2D eigenvalue weighted by Crippen LogP contribution is -2.21. The van der Waals surface area contributed by atoms with Crippen molar-refractivity contribution in [2.45, 2.75) is 39.0 Å². The zero-order valence-corrected chi connectivity index (χ0v) is 9.84. The second-order valence-electron chi connectivity index (χ2n) is 4.64. The first kappa shape index (κ1) is 10.7. The van der Waals surface area contributed by atoms with Crippen LogP contribution in [0.25, 0.3) is 0 Å². The largest absolute Gasteiger partial charge is 0.316 e. The number of benzene rings is 1. The molecule has 0 fully saturated rings. The molecule has 0 aliphatic heterocycles. The number of aryl methyl sites for hydroxylation is 2. The van der Waals surface area contributed by atoms with E-state index in [-0.39, 0.29) is 0 Å². The van der Waals surface area contributed by atoms with Gasteiger partial charge in [0.1, 0.15) is 0 Å². The highest BCUT2D eigenvalue weighted by molar-refractivity contribution is 5.38. The maximum Gasteiger partial charge on any atom is 0.00203 e. The normalized spacial score (nSPS) is 19.2. The Hall–Kier alpha value is -0.820. The highest BCUT2D eigenvalue weighted by Gasteiger charge is 2.21. The third kappa shape index (κ3) is 2.40. The smallest absolute Gasteiger partial charge is 0.00203 e. The summed E-state index contributed by atoms with van der Waals surface area (Å²) in [5, 5.41) is 3.54. The van der Waals surface area contributed by atoms with Gasteiger partial charge >= 0.3 is 0 Å². The highest BCUT2D eigenvalue weighted by Crippen LogP contribution is 2.32. The minimum atomic E-state index is 0.756. The molecular weight excluding hydrogens is 182 g/mol. The molecule has 1 atom stereocenters. The molecule has 1 aromatic rings. The number of hydrogen-bond acceptors (Lipinski definition) is 1. The fourth-order valence-electron chi connectivity index (χ4n) is 2.47. The summed E-state index contributed by atoms with van der Waals surface area (Å²) >= 11 is 0. The molecule has 1 heteroatoms. The predicted octanol–water partition coefficient (Wildman–Crippen LogP) is 3.02. The number of rotatable bonds is 4. The summed E-state index contributed by atoms with van der Waals surface area (Å²) in [6.45, 7) is 6.72. The van der Waals surface area contributed by atoms with Gasteiger partial charge in [-0.25, -0.2) is 0 Å². The topological polar surface area (TPSA) is 12.0 Å². The predicted molar refractivity (Wildman–Crippen MR) is 65.4 cm³/mol. The van der Waals surface area contributed by atoms with Gasteiger partial charge in [-0.3, -0.25) is 0 Å². The van der Waals surface area contributed by atoms with Gasteiger partial charge in [-0.15, -0.1) is 0 Å². The van der Waals surface area contributed by atoms with E-state index in [0.717, 1.165) is 19.0 Å². The zero-order valence-electron chi connectivity index (χ0n) is 9.84. The van der Waals surface area contributed by atoms with Crippen LogP contribution in [0.2, 0.25) is 0 Å². The van der Waals surface area contributed by atoms with Crippen LogP contribution in [0.15, 0.2) is 18.2 Å². The van der Waals surface area contributed by atoms with Crippen LogP contribution in [-0.4, -0.2) is 13.1 Å². The van der Waals surface area contributed by atoms with Crippen LogP contribution in [-0.2, 0) is 6.42 Å². The molecular formula is C14H21N. The summed E-state index contributed by atoms with van der Waals surface area (Å²) in [6.07, 6.45) is 3.83. The molecule has 0 radical (unpaired) electrons. The van der Waals surface area contributed by atoms with Gasteiger partial charge in [0.2, 0.25) is 0 Å². The fourth-order valence-corrected chi connectivity index (χ4v) is 2.47. The van der Waals surface area contributed by atoms with Crippen molar-refractivity contribution in [2.75, 3.05) is 13.1 Å². The van der Waals surface area contributed by atoms with Gasteiger partial charge in [-0.2, -0.15) is 0 Å². The van der Waals surface area contributed by atoms with Crippen molar-refractivity contribution in [3.8, 4) is 0 Å². The summed E-state index contributed by atoms with van der Waals surface area (Å²) in [5.41, 5.74) is 4.57. The van der Waals surface area contributed by atoms with Crippen molar-refractivity contribution < 1.29 is 0 Å².